The molecule has 2 heterocycles. The van der Waals surface area contributed by atoms with Gasteiger partial charge >= 0.3 is 5.97 Å². The van der Waals surface area contributed by atoms with Gasteiger partial charge in [-0.15, -0.1) is 0 Å². The Bertz CT molecular complexity index is 558. The van der Waals surface area contributed by atoms with Gasteiger partial charge in [0.2, 0.25) is 5.91 Å². The second-order valence-electron chi connectivity index (χ2n) is 5.87. The Labute approximate surface area is 123 Å². The van der Waals surface area contributed by atoms with Gasteiger partial charge in [-0.05, 0) is 43.9 Å². The second-order valence-corrected chi connectivity index (χ2v) is 5.87. The number of amides is 1. The Kier molecular flexibility index (Phi) is 3.92. The van der Waals surface area contributed by atoms with E-state index in [-0.39, 0.29) is 17.9 Å². The van der Waals surface area contributed by atoms with Crippen molar-refractivity contribution in [2.45, 2.75) is 31.7 Å². The number of carboxylic acids is 1. The van der Waals surface area contributed by atoms with E-state index < -0.39 is 5.97 Å². The molecule has 0 saturated carbocycles. The molecule has 0 aromatic heterocycles. The number of hydrogen-bond acceptors (Lipinski definition) is 3. The van der Waals surface area contributed by atoms with Gasteiger partial charge in [-0.3, -0.25) is 14.5 Å². The minimum absolute atomic E-state index is 0.00834. The molecule has 2 aliphatic rings. The van der Waals surface area contributed by atoms with E-state index >= 15 is 0 Å². The molecule has 0 spiro atoms. The van der Waals surface area contributed by atoms with Crippen molar-refractivity contribution < 1.29 is 14.7 Å². The number of nitrogens with one attached hydrogen (secondary N) is 1. The number of aliphatic carboxylic acids is 1. The van der Waals surface area contributed by atoms with Gasteiger partial charge in [-0.25, -0.2) is 0 Å². The van der Waals surface area contributed by atoms with Gasteiger partial charge in [0.25, 0.3) is 0 Å². The van der Waals surface area contributed by atoms with Crippen molar-refractivity contribution in [2.75, 3.05) is 18.4 Å². The first-order valence-corrected chi connectivity index (χ1v) is 7.51. The highest BCUT2D eigenvalue weighted by molar-refractivity contribution is 5.96. The Morgan fingerprint density at radius 2 is 2.10 bits per heavy atom. The molecule has 1 amide bonds. The highest BCUT2D eigenvalue weighted by Crippen LogP contribution is 2.26. The van der Waals surface area contributed by atoms with Gasteiger partial charge in [0.05, 0.1) is 12.0 Å². The molecule has 5 nitrogen and oxygen atoms in total. The molecule has 2 atom stereocenters. The summed E-state index contributed by atoms with van der Waals surface area (Å²) in [5.41, 5.74) is 2.04. The maximum atomic E-state index is 12.5. The van der Waals surface area contributed by atoms with Crippen molar-refractivity contribution in [3.63, 3.8) is 0 Å². The summed E-state index contributed by atoms with van der Waals surface area (Å²) in [5, 5.41) is 12.2. The fraction of sp³-hybridized carbons (Fsp3) is 0.500. The number of aryl methyl sites for hydroxylation is 1. The van der Waals surface area contributed by atoms with Crippen LogP contribution in [0.25, 0.3) is 0 Å². The van der Waals surface area contributed by atoms with Crippen LogP contribution in [-0.4, -0.2) is 41.0 Å². The van der Waals surface area contributed by atoms with Crippen molar-refractivity contribution in [1.82, 2.24) is 4.90 Å². The van der Waals surface area contributed by atoms with Crippen molar-refractivity contribution in [2.24, 2.45) is 5.92 Å². The Morgan fingerprint density at radius 3 is 2.90 bits per heavy atom. The predicted octanol–water partition coefficient (Wildman–Crippen LogP) is 1.74. The van der Waals surface area contributed by atoms with E-state index in [0.29, 0.717) is 13.0 Å². The average molecular weight is 288 g/mol. The summed E-state index contributed by atoms with van der Waals surface area (Å²) in [6.45, 7) is 1.28. The first kappa shape index (κ1) is 14.1. The highest BCUT2D eigenvalue weighted by atomic mass is 16.4. The zero-order valence-electron chi connectivity index (χ0n) is 11.9. The van der Waals surface area contributed by atoms with Gasteiger partial charge in [0, 0.05) is 12.2 Å². The SMILES string of the molecule is O=C(O)[C@@H]1CCCN([C@H]2CCc3ccccc3NC2=O)C1. The van der Waals surface area contributed by atoms with Crippen LogP contribution >= 0.6 is 0 Å². The van der Waals surface area contributed by atoms with Crippen molar-refractivity contribution in [1.29, 1.82) is 0 Å². The van der Waals surface area contributed by atoms with Crippen LogP contribution in [0.2, 0.25) is 0 Å². The molecule has 1 aromatic carbocycles. The van der Waals surface area contributed by atoms with Crippen LogP contribution in [0.15, 0.2) is 24.3 Å². The van der Waals surface area contributed by atoms with E-state index in [1.54, 1.807) is 0 Å². The van der Waals surface area contributed by atoms with Gasteiger partial charge in [0.15, 0.2) is 0 Å². The number of piperidine rings is 1. The Balaban J connectivity index is 1.75. The lowest BCUT2D eigenvalue weighted by Crippen LogP contribution is -2.49. The number of benzene rings is 1. The molecule has 2 N–H and O–H groups in total. The zero-order chi connectivity index (χ0) is 14.8. The van der Waals surface area contributed by atoms with E-state index in [9.17, 15) is 14.7 Å². The van der Waals surface area contributed by atoms with Crippen molar-refractivity contribution in [3.05, 3.63) is 29.8 Å². The largest absolute Gasteiger partial charge is 0.481 e. The lowest BCUT2D eigenvalue weighted by molar-refractivity contribution is -0.144. The second kappa shape index (κ2) is 5.85. The number of carbonyl (C=O) groups is 2. The summed E-state index contributed by atoms with van der Waals surface area (Å²) in [7, 11) is 0. The maximum absolute atomic E-state index is 12.5. The molecular weight excluding hydrogens is 268 g/mol. The molecule has 0 unspecified atom stereocenters. The lowest BCUT2D eigenvalue weighted by atomic mass is 9.95. The number of nitrogens with zero attached hydrogens (tertiary/aromatic N) is 1. The van der Waals surface area contributed by atoms with E-state index in [1.807, 2.05) is 29.2 Å². The third-order valence-corrected chi connectivity index (χ3v) is 4.51. The molecule has 0 radical (unpaired) electrons. The van der Waals surface area contributed by atoms with Crippen LogP contribution < -0.4 is 5.32 Å². The standard InChI is InChI=1S/C16H20N2O3/c19-15-14(18-9-3-5-12(10-18)16(20)21)8-7-11-4-1-2-6-13(11)17-15/h1-2,4,6,12,14H,3,5,7-10H2,(H,17,19)(H,20,21)/t12-,14+/m1/s1. The Hall–Kier alpha value is -1.88. The Morgan fingerprint density at radius 1 is 1.29 bits per heavy atom. The van der Waals surface area contributed by atoms with Gasteiger partial charge in [-0.2, -0.15) is 0 Å². The molecule has 3 rings (SSSR count). The monoisotopic (exact) mass is 288 g/mol. The quantitative estimate of drug-likeness (QED) is 0.869. The summed E-state index contributed by atoms with van der Waals surface area (Å²) in [6.07, 6.45) is 3.14. The summed E-state index contributed by atoms with van der Waals surface area (Å²) in [5.74, 6) is -1.11. The third kappa shape index (κ3) is 2.93. The van der Waals surface area contributed by atoms with E-state index in [1.165, 1.54) is 0 Å². The van der Waals surface area contributed by atoms with Crippen molar-refractivity contribution in [3.8, 4) is 0 Å². The minimum atomic E-state index is -0.753. The number of hydrogen-bond donors (Lipinski definition) is 2. The fourth-order valence-corrected chi connectivity index (χ4v) is 3.34. The first-order chi connectivity index (χ1) is 10.1. The number of fused-ring (bicyclic) bond motifs is 1. The van der Waals surface area contributed by atoms with E-state index in [2.05, 4.69) is 5.32 Å². The maximum Gasteiger partial charge on any atom is 0.307 e. The number of likely N-dealkylation sites (tertiary alicyclic amines) is 1. The van der Waals surface area contributed by atoms with Crippen LogP contribution in [0, 0.1) is 5.92 Å². The number of carboxylic acid groups (broad SMARTS) is 1. The topological polar surface area (TPSA) is 69.6 Å². The highest BCUT2D eigenvalue weighted by Gasteiger charge is 2.34. The molecule has 0 bridgehead atoms. The summed E-state index contributed by atoms with van der Waals surface area (Å²) in [6, 6.07) is 7.63. The van der Waals surface area contributed by atoms with Crippen LogP contribution in [0.1, 0.15) is 24.8 Å². The number of rotatable bonds is 2. The normalized spacial score (nSPS) is 26.6. The minimum Gasteiger partial charge on any atom is -0.481 e. The zero-order valence-corrected chi connectivity index (χ0v) is 11.9. The van der Waals surface area contributed by atoms with Crippen LogP contribution in [-0.2, 0) is 16.0 Å². The molecule has 112 valence electrons. The molecule has 2 aliphatic heterocycles. The van der Waals surface area contributed by atoms with Gasteiger partial charge in [0.1, 0.15) is 0 Å². The van der Waals surface area contributed by atoms with E-state index in [4.69, 9.17) is 0 Å². The number of para-hydroxylation sites is 1. The molecule has 0 aliphatic carbocycles. The summed E-state index contributed by atoms with van der Waals surface area (Å²) >= 11 is 0. The molecule has 1 saturated heterocycles. The number of anilines is 1. The number of carbonyl (C=O) groups excluding carboxylic acids is 1. The average Bonchev–Trinajstić information content (AvgIpc) is 2.65. The van der Waals surface area contributed by atoms with Crippen LogP contribution in [0.5, 0.6) is 0 Å². The predicted molar refractivity (Wildman–Crippen MR) is 79.1 cm³/mol. The smallest absolute Gasteiger partial charge is 0.307 e. The third-order valence-electron chi connectivity index (χ3n) is 4.51. The van der Waals surface area contributed by atoms with E-state index in [0.717, 1.165) is 37.1 Å². The molecule has 1 fully saturated rings. The summed E-state index contributed by atoms with van der Waals surface area (Å²) in [4.78, 5) is 25.7. The van der Waals surface area contributed by atoms with Gasteiger partial charge < -0.3 is 10.4 Å². The first-order valence-electron chi connectivity index (χ1n) is 7.51. The molecular formula is C16H20N2O3. The molecule has 21 heavy (non-hydrogen) atoms. The lowest BCUT2D eigenvalue weighted by Gasteiger charge is -2.35. The molecule has 5 heteroatoms. The summed E-state index contributed by atoms with van der Waals surface area (Å²) < 4.78 is 0. The van der Waals surface area contributed by atoms with Crippen LogP contribution in [0.4, 0.5) is 5.69 Å². The fourth-order valence-electron chi connectivity index (χ4n) is 3.34. The van der Waals surface area contributed by atoms with Gasteiger partial charge in [-0.1, -0.05) is 18.2 Å². The van der Waals surface area contributed by atoms with Crippen LogP contribution in [0.3, 0.4) is 0 Å². The van der Waals surface area contributed by atoms with Crippen molar-refractivity contribution >= 4 is 17.6 Å². The molecule has 1 aromatic rings.